The molecule has 1 aliphatic carbocycles. The Labute approximate surface area is 174 Å². The van der Waals surface area contributed by atoms with Crippen molar-refractivity contribution >= 4 is 22.8 Å². The zero-order valence-electron chi connectivity index (χ0n) is 16.4. The smallest absolute Gasteiger partial charge is 0.303 e. The Bertz CT molecular complexity index is 1430. The maximum Gasteiger partial charge on any atom is 0.332 e. The van der Waals surface area contributed by atoms with Gasteiger partial charge in [-0.1, -0.05) is 0 Å². The molecule has 3 aromatic heterocycles. The van der Waals surface area contributed by atoms with Crippen LogP contribution in [0.5, 0.6) is 0 Å². The number of fused-ring (bicyclic) bond motifs is 2. The van der Waals surface area contributed by atoms with Crippen LogP contribution < -0.4 is 11.2 Å². The minimum Gasteiger partial charge on any atom is -0.303 e. The van der Waals surface area contributed by atoms with Gasteiger partial charge in [-0.25, -0.2) is 13.9 Å². The summed E-state index contributed by atoms with van der Waals surface area (Å²) in [5.41, 5.74) is 3.33. The molecule has 0 fully saturated rings. The Morgan fingerprint density at radius 2 is 1.83 bits per heavy atom. The number of hydrogen-bond donors (Lipinski definition) is 0. The van der Waals surface area contributed by atoms with Crippen LogP contribution in [0.1, 0.15) is 23.4 Å². The molecule has 0 saturated carbocycles. The summed E-state index contributed by atoms with van der Waals surface area (Å²) in [6.45, 7) is 0.249. The number of halogens is 2. The van der Waals surface area contributed by atoms with Crippen LogP contribution in [0, 0.1) is 5.82 Å². The highest BCUT2D eigenvalue weighted by atomic mass is 35.5. The maximum atomic E-state index is 13.3. The average molecular weight is 429 g/mol. The summed E-state index contributed by atoms with van der Waals surface area (Å²) in [5.74, 6) is -0.305. The Morgan fingerprint density at radius 1 is 1.10 bits per heavy atom. The molecule has 0 N–H and O–H groups in total. The van der Waals surface area contributed by atoms with Gasteiger partial charge in [0.15, 0.2) is 11.2 Å². The van der Waals surface area contributed by atoms with E-state index >= 15 is 0 Å². The number of imidazole rings is 1. The van der Waals surface area contributed by atoms with E-state index in [4.69, 9.17) is 16.7 Å². The monoisotopic (exact) mass is 428 g/mol. The number of aryl methyl sites for hydroxylation is 1. The van der Waals surface area contributed by atoms with E-state index in [0.717, 1.165) is 46.5 Å². The molecule has 0 unspecified atom stereocenters. The van der Waals surface area contributed by atoms with Gasteiger partial charge in [0, 0.05) is 19.8 Å². The third-order valence-corrected chi connectivity index (χ3v) is 5.98. The van der Waals surface area contributed by atoms with Gasteiger partial charge < -0.3 is 4.57 Å². The molecule has 5 rings (SSSR count). The van der Waals surface area contributed by atoms with Crippen LogP contribution in [0.4, 0.5) is 4.39 Å². The summed E-state index contributed by atoms with van der Waals surface area (Å²) in [6.07, 6.45) is 2.73. The number of hydrogen-bond acceptors (Lipinski definition) is 4. The largest absolute Gasteiger partial charge is 0.332 e. The first-order valence-electron chi connectivity index (χ1n) is 9.54. The molecule has 8 nitrogen and oxygen atoms in total. The number of nitrogens with zero attached hydrogens (tertiary/aromatic N) is 6. The number of benzene rings is 1. The van der Waals surface area contributed by atoms with Crippen molar-refractivity contribution in [2.24, 2.45) is 14.1 Å². The molecule has 1 aromatic carbocycles. The van der Waals surface area contributed by atoms with Gasteiger partial charge in [-0.3, -0.25) is 13.9 Å². The lowest BCUT2D eigenvalue weighted by Crippen LogP contribution is -2.37. The Kier molecular flexibility index (Phi) is 4.18. The molecule has 1 aliphatic rings. The van der Waals surface area contributed by atoms with Gasteiger partial charge in [-0.15, -0.1) is 0 Å². The van der Waals surface area contributed by atoms with E-state index in [1.165, 1.54) is 23.7 Å². The van der Waals surface area contributed by atoms with Gasteiger partial charge in [0.25, 0.3) is 5.56 Å². The third kappa shape index (κ3) is 2.65. The van der Waals surface area contributed by atoms with Crippen LogP contribution in [0.3, 0.4) is 0 Å². The highest BCUT2D eigenvalue weighted by Crippen LogP contribution is 2.29. The molecule has 0 spiro atoms. The molecule has 30 heavy (non-hydrogen) atoms. The molecule has 0 amide bonds. The van der Waals surface area contributed by atoms with Crippen molar-refractivity contribution in [1.82, 2.24) is 28.5 Å². The Hall–Kier alpha value is -3.20. The number of rotatable bonds is 3. The van der Waals surface area contributed by atoms with Crippen molar-refractivity contribution in [2.45, 2.75) is 25.8 Å². The van der Waals surface area contributed by atoms with Crippen molar-refractivity contribution in [3.63, 3.8) is 0 Å². The van der Waals surface area contributed by atoms with E-state index in [0.29, 0.717) is 0 Å². The van der Waals surface area contributed by atoms with Crippen LogP contribution in [0.15, 0.2) is 33.9 Å². The van der Waals surface area contributed by atoms with Crippen LogP contribution >= 0.6 is 11.6 Å². The average Bonchev–Trinajstić information content (AvgIpc) is 3.41. The second kappa shape index (κ2) is 6.66. The Morgan fingerprint density at radius 3 is 2.57 bits per heavy atom. The summed E-state index contributed by atoms with van der Waals surface area (Å²) >= 11 is 6.37. The fraction of sp³-hybridized carbons (Fsp3) is 0.300. The quantitative estimate of drug-likeness (QED) is 0.467. The lowest BCUT2D eigenvalue weighted by molar-refractivity contribution is 0.626. The first-order valence-corrected chi connectivity index (χ1v) is 9.92. The van der Waals surface area contributed by atoms with Crippen molar-refractivity contribution in [3.8, 4) is 5.69 Å². The molecule has 10 heteroatoms. The highest BCUT2D eigenvalue weighted by Gasteiger charge is 2.25. The second-order valence-corrected chi connectivity index (χ2v) is 7.80. The zero-order chi connectivity index (χ0) is 21.2. The molecular formula is C20H18ClFN6O2. The van der Waals surface area contributed by atoms with Gasteiger partial charge in [0.2, 0.25) is 5.28 Å². The first kappa shape index (κ1) is 18.8. The molecule has 154 valence electrons. The van der Waals surface area contributed by atoms with Crippen molar-refractivity contribution < 1.29 is 4.39 Å². The lowest BCUT2D eigenvalue weighted by atomic mass is 10.2. The standard InChI is InChI=1S/C20H18ClFN6O2/c1-25-17-16(18(29)26(2)20(25)30)27(19(21)23-17)10-14-13-4-3-5-15(13)28(24-14)12-8-6-11(22)7-9-12/h6-9H,3-5,10H2,1-2H3. The topological polar surface area (TPSA) is 79.6 Å². The maximum absolute atomic E-state index is 13.3. The SMILES string of the molecule is Cn1c(=O)c2c(nc(Cl)n2Cc2nn(-c3ccc(F)cc3)c3c2CCC3)n(C)c1=O. The van der Waals surface area contributed by atoms with E-state index < -0.39 is 11.2 Å². The molecule has 4 aromatic rings. The lowest BCUT2D eigenvalue weighted by Gasteiger charge is -2.07. The van der Waals surface area contributed by atoms with Crippen LogP contribution in [0.2, 0.25) is 5.28 Å². The summed E-state index contributed by atoms with van der Waals surface area (Å²) < 4.78 is 19.1. The highest BCUT2D eigenvalue weighted by molar-refractivity contribution is 6.29. The Balaban J connectivity index is 1.68. The van der Waals surface area contributed by atoms with Gasteiger partial charge in [-0.05, 0) is 60.7 Å². The molecule has 0 radical (unpaired) electrons. The molecule has 0 saturated heterocycles. The van der Waals surface area contributed by atoms with Crippen molar-refractivity contribution in [1.29, 1.82) is 0 Å². The van der Waals surface area contributed by atoms with Gasteiger partial charge in [0.1, 0.15) is 5.82 Å². The normalized spacial score (nSPS) is 13.3. The predicted molar refractivity (Wildman–Crippen MR) is 110 cm³/mol. The van der Waals surface area contributed by atoms with Crippen LogP contribution in [-0.4, -0.2) is 28.5 Å². The fourth-order valence-corrected chi connectivity index (χ4v) is 4.38. The third-order valence-electron chi connectivity index (χ3n) is 5.69. The first-order chi connectivity index (χ1) is 14.4. The summed E-state index contributed by atoms with van der Waals surface area (Å²) in [5, 5.41) is 4.87. The van der Waals surface area contributed by atoms with E-state index in [9.17, 15) is 14.0 Å². The molecule has 0 aliphatic heterocycles. The van der Waals surface area contributed by atoms with E-state index in [1.54, 1.807) is 23.7 Å². The molecule has 0 atom stereocenters. The van der Waals surface area contributed by atoms with Crippen LogP contribution in [0.25, 0.3) is 16.9 Å². The van der Waals surface area contributed by atoms with E-state index in [-0.39, 0.29) is 28.8 Å². The minimum absolute atomic E-state index is 0.117. The summed E-state index contributed by atoms with van der Waals surface area (Å²) in [4.78, 5) is 29.2. The number of aromatic nitrogens is 6. The van der Waals surface area contributed by atoms with Gasteiger partial charge in [-0.2, -0.15) is 10.1 Å². The van der Waals surface area contributed by atoms with E-state index in [1.807, 2.05) is 4.68 Å². The van der Waals surface area contributed by atoms with E-state index in [2.05, 4.69) is 4.98 Å². The fourth-order valence-electron chi connectivity index (χ4n) is 4.15. The van der Waals surface area contributed by atoms with Gasteiger partial charge >= 0.3 is 5.69 Å². The summed E-state index contributed by atoms with van der Waals surface area (Å²) in [6, 6.07) is 6.19. The van der Waals surface area contributed by atoms with Gasteiger partial charge in [0.05, 0.1) is 17.9 Å². The van der Waals surface area contributed by atoms with Crippen molar-refractivity contribution in [3.05, 3.63) is 73.2 Å². The molecule has 0 bridgehead atoms. The second-order valence-electron chi connectivity index (χ2n) is 7.46. The molecular weight excluding hydrogens is 411 g/mol. The summed E-state index contributed by atoms with van der Waals surface area (Å²) in [7, 11) is 2.98. The van der Waals surface area contributed by atoms with Crippen LogP contribution in [-0.2, 0) is 33.5 Å². The zero-order valence-corrected chi connectivity index (χ0v) is 17.1. The minimum atomic E-state index is -0.463. The predicted octanol–water partition coefficient (Wildman–Crippen LogP) is 1.95. The van der Waals surface area contributed by atoms with Crippen molar-refractivity contribution in [2.75, 3.05) is 0 Å². The molecule has 3 heterocycles.